The molecule has 2 aromatic heterocycles. The second kappa shape index (κ2) is 5.14. The van der Waals surface area contributed by atoms with Crippen LogP contribution in [0.15, 0.2) is 9.59 Å². The Balaban J connectivity index is 1.98. The van der Waals surface area contributed by atoms with E-state index in [0.29, 0.717) is 23.6 Å². The second-order valence-corrected chi connectivity index (χ2v) is 6.07. The van der Waals surface area contributed by atoms with E-state index in [4.69, 9.17) is 0 Å². The fourth-order valence-corrected chi connectivity index (χ4v) is 3.09. The molecule has 0 radical (unpaired) electrons. The monoisotopic (exact) mass is 291 g/mol. The lowest BCUT2D eigenvalue weighted by Gasteiger charge is -2.29. The van der Waals surface area contributed by atoms with Crippen molar-refractivity contribution in [2.45, 2.75) is 26.3 Å². The number of rotatable bonds is 2. The molecule has 0 aliphatic carbocycles. The molecular weight excluding hydrogens is 270 g/mol. The molecule has 114 valence electrons. The van der Waals surface area contributed by atoms with Crippen molar-refractivity contribution in [2.75, 3.05) is 13.1 Å². The lowest BCUT2D eigenvalue weighted by atomic mass is 10.0. The van der Waals surface area contributed by atoms with Crippen LogP contribution in [0, 0.1) is 5.92 Å². The summed E-state index contributed by atoms with van der Waals surface area (Å²) >= 11 is 0. The van der Waals surface area contributed by atoms with E-state index in [1.54, 1.807) is 7.05 Å². The fraction of sp³-hybridized carbons (Fsp3) is 0.643. The molecule has 3 heterocycles. The highest BCUT2D eigenvalue weighted by atomic mass is 16.2. The molecule has 1 aliphatic heterocycles. The molecule has 1 saturated heterocycles. The highest BCUT2D eigenvalue weighted by Crippen LogP contribution is 2.17. The summed E-state index contributed by atoms with van der Waals surface area (Å²) < 4.78 is 2.52. The summed E-state index contributed by atoms with van der Waals surface area (Å²) in [6.45, 7) is 5.05. The highest BCUT2D eigenvalue weighted by molar-refractivity contribution is 5.69. The number of nitrogens with one attached hydrogen (secondary N) is 1. The molecule has 0 saturated carbocycles. The Morgan fingerprint density at radius 1 is 1.29 bits per heavy atom. The van der Waals surface area contributed by atoms with Gasteiger partial charge in [0, 0.05) is 20.6 Å². The Morgan fingerprint density at radius 2 is 2.05 bits per heavy atom. The van der Waals surface area contributed by atoms with Gasteiger partial charge >= 0.3 is 5.69 Å². The van der Waals surface area contributed by atoms with Gasteiger partial charge in [0.2, 0.25) is 0 Å². The number of piperidine rings is 1. The third-order valence-electron chi connectivity index (χ3n) is 4.26. The molecular formula is C14H21N5O2. The highest BCUT2D eigenvalue weighted by Gasteiger charge is 2.19. The molecule has 1 fully saturated rings. The summed E-state index contributed by atoms with van der Waals surface area (Å²) in [6, 6.07) is 0. The minimum atomic E-state index is -0.350. The number of aryl methyl sites for hydroxylation is 1. The van der Waals surface area contributed by atoms with Crippen LogP contribution in [-0.4, -0.2) is 37.1 Å². The van der Waals surface area contributed by atoms with Gasteiger partial charge in [-0.15, -0.1) is 0 Å². The van der Waals surface area contributed by atoms with Crippen LogP contribution in [0.2, 0.25) is 0 Å². The van der Waals surface area contributed by atoms with Gasteiger partial charge in [-0.1, -0.05) is 6.92 Å². The molecule has 0 aromatic carbocycles. The predicted molar refractivity (Wildman–Crippen MR) is 80.3 cm³/mol. The predicted octanol–water partition coefficient (Wildman–Crippen LogP) is 0.192. The zero-order chi connectivity index (χ0) is 15.1. The van der Waals surface area contributed by atoms with Crippen LogP contribution in [0.5, 0.6) is 0 Å². The van der Waals surface area contributed by atoms with Crippen LogP contribution in [0.25, 0.3) is 11.2 Å². The number of fused-ring (bicyclic) bond motifs is 1. The van der Waals surface area contributed by atoms with Crippen molar-refractivity contribution in [3.05, 3.63) is 26.7 Å². The average Bonchev–Trinajstić information content (AvgIpc) is 2.87. The molecule has 0 amide bonds. The fourth-order valence-electron chi connectivity index (χ4n) is 3.09. The smallest absolute Gasteiger partial charge is 0.332 e. The topological polar surface area (TPSA) is 75.9 Å². The van der Waals surface area contributed by atoms with Crippen LogP contribution < -0.4 is 11.2 Å². The lowest BCUT2D eigenvalue weighted by Crippen LogP contribution is -2.36. The Morgan fingerprint density at radius 3 is 2.76 bits per heavy atom. The average molecular weight is 291 g/mol. The molecule has 0 spiro atoms. The quantitative estimate of drug-likeness (QED) is 0.857. The molecule has 1 N–H and O–H groups in total. The zero-order valence-corrected chi connectivity index (χ0v) is 12.7. The molecule has 7 nitrogen and oxygen atoms in total. The Labute approximate surface area is 122 Å². The summed E-state index contributed by atoms with van der Waals surface area (Å²) in [6.07, 6.45) is 2.47. The van der Waals surface area contributed by atoms with Crippen LogP contribution >= 0.6 is 0 Å². The first-order valence-electron chi connectivity index (χ1n) is 7.34. The third kappa shape index (κ3) is 2.42. The maximum Gasteiger partial charge on any atom is 0.332 e. The number of likely N-dealkylation sites (tertiary alicyclic amines) is 1. The van der Waals surface area contributed by atoms with Gasteiger partial charge in [0.25, 0.3) is 5.56 Å². The van der Waals surface area contributed by atoms with Crippen molar-refractivity contribution in [1.29, 1.82) is 0 Å². The van der Waals surface area contributed by atoms with E-state index in [1.165, 1.54) is 24.5 Å². The van der Waals surface area contributed by atoms with Crippen molar-refractivity contribution < 1.29 is 0 Å². The summed E-state index contributed by atoms with van der Waals surface area (Å²) in [4.78, 5) is 33.9. The molecule has 0 unspecified atom stereocenters. The first kappa shape index (κ1) is 14.1. The van der Waals surface area contributed by atoms with Gasteiger partial charge in [0.15, 0.2) is 5.65 Å². The maximum atomic E-state index is 12.1. The van der Waals surface area contributed by atoms with Gasteiger partial charge in [-0.3, -0.25) is 18.8 Å². The van der Waals surface area contributed by atoms with E-state index < -0.39 is 0 Å². The van der Waals surface area contributed by atoms with E-state index in [9.17, 15) is 9.59 Å². The van der Waals surface area contributed by atoms with E-state index in [-0.39, 0.29) is 11.2 Å². The minimum absolute atomic E-state index is 0.320. The van der Waals surface area contributed by atoms with Gasteiger partial charge in [-0.05, 0) is 25.3 Å². The normalized spacial score (nSPS) is 20.2. The zero-order valence-electron chi connectivity index (χ0n) is 12.7. The maximum absolute atomic E-state index is 12.1. The molecule has 7 heteroatoms. The Hall–Kier alpha value is -1.89. The molecule has 0 bridgehead atoms. The van der Waals surface area contributed by atoms with E-state index in [2.05, 4.69) is 21.8 Å². The summed E-state index contributed by atoms with van der Waals surface area (Å²) in [5, 5.41) is 0. The SMILES string of the molecule is C[C@H]1CCCN(Cc2nc3c([nH]2)c(=O)n(C)c(=O)n3C)C1. The Bertz CT molecular complexity index is 785. The number of hydrogen-bond acceptors (Lipinski definition) is 4. The lowest BCUT2D eigenvalue weighted by molar-refractivity contribution is 0.173. The first-order chi connectivity index (χ1) is 9.97. The van der Waals surface area contributed by atoms with Gasteiger partial charge in [-0.2, -0.15) is 0 Å². The molecule has 21 heavy (non-hydrogen) atoms. The van der Waals surface area contributed by atoms with Gasteiger partial charge in [0.1, 0.15) is 11.3 Å². The van der Waals surface area contributed by atoms with Crippen LogP contribution in [0.3, 0.4) is 0 Å². The van der Waals surface area contributed by atoms with Gasteiger partial charge in [-0.25, -0.2) is 9.78 Å². The van der Waals surface area contributed by atoms with Gasteiger partial charge in [0.05, 0.1) is 6.54 Å². The molecule has 1 aliphatic rings. The first-order valence-corrected chi connectivity index (χ1v) is 7.34. The number of hydrogen-bond donors (Lipinski definition) is 1. The van der Waals surface area contributed by atoms with Crippen molar-refractivity contribution in [2.24, 2.45) is 20.0 Å². The third-order valence-corrected chi connectivity index (χ3v) is 4.26. The van der Waals surface area contributed by atoms with Crippen molar-refractivity contribution in [1.82, 2.24) is 24.0 Å². The largest absolute Gasteiger partial charge is 0.335 e. The van der Waals surface area contributed by atoms with E-state index >= 15 is 0 Å². The summed E-state index contributed by atoms with van der Waals surface area (Å²) in [7, 11) is 3.12. The van der Waals surface area contributed by atoms with Crippen LogP contribution in [0.4, 0.5) is 0 Å². The number of aromatic amines is 1. The number of H-pyrrole nitrogens is 1. The van der Waals surface area contributed by atoms with Crippen molar-refractivity contribution in [3.63, 3.8) is 0 Å². The van der Waals surface area contributed by atoms with Crippen molar-refractivity contribution >= 4 is 11.2 Å². The minimum Gasteiger partial charge on any atom is -0.335 e. The summed E-state index contributed by atoms with van der Waals surface area (Å²) in [5.74, 6) is 1.44. The van der Waals surface area contributed by atoms with Crippen LogP contribution in [0.1, 0.15) is 25.6 Å². The second-order valence-electron chi connectivity index (χ2n) is 6.07. The number of aromatic nitrogens is 4. The molecule has 2 aromatic rings. The Kier molecular flexibility index (Phi) is 3.44. The number of nitrogens with zero attached hydrogens (tertiary/aromatic N) is 4. The van der Waals surface area contributed by atoms with Gasteiger partial charge < -0.3 is 4.98 Å². The van der Waals surface area contributed by atoms with Crippen LogP contribution in [-0.2, 0) is 20.6 Å². The summed E-state index contributed by atoms with van der Waals surface area (Å²) in [5.41, 5.74) is 0.166. The van der Waals surface area contributed by atoms with Crippen molar-refractivity contribution in [3.8, 4) is 0 Å². The standard InChI is InChI=1S/C14H21N5O2/c1-9-5-4-6-19(7-9)8-10-15-11-12(16-10)17(2)14(21)18(3)13(11)20/h9H,4-8H2,1-3H3,(H,15,16)/t9-/m0/s1. The molecule has 1 atom stereocenters. The molecule has 3 rings (SSSR count). The van der Waals surface area contributed by atoms with E-state index in [0.717, 1.165) is 23.5 Å². The van der Waals surface area contributed by atoms with E-state index in [1.807, 2.05) is 0 Å². The number of imidazole rings is 1.